The average Bonchev–Trinajstić information content (AvgIpc) is 3.15. The first-order valence-electron chi connectivity index (χ1n) is 8.71. The van der Waals surface area contributed by atoms with E-state index in [1.54, 1.807) is 12.1 Å². The molecule has 0 spiro atoms. The van der Waals surface area contributed by atoms with Crippen molar-refractivity contribution >= 4 is 0 Å². The molecule has 0 unspecified atom stereocenters. The minimum absolute atomic E-state index is 0. The Morgan fingerprint density at radius 2 is 1.03 bits per heavy atom. The summed E-state index contributed by atoms with van der Waals surface area (Å²) in [6, 6.07) is 14.9. The molecule has 0 radical (unpaired) electrons. The molecule has 0 saturated carbocycles. The smallest absolute Gasteiger partial charge is 0.119 e. The number of phenolic OH excluding ortho intramolecular Hbond substituents is 2. The molecule has 0 heterocycles. The van der Waals surface area contributed by atoms with Gasteiger partial charge < -0.3 is 47.3 Å². The molecular formula is C28H44O2Ti-6. The van der Waals surface area contributed by atoms with Crippen LogP contribution in [0.15, 0.2) is 66.8 Å². The van der Waals surface area contributed by atoms with E-state index in [-0.39, 0.29) is 58.9 Å². The summed E-state index contributed by atoms with van der Waals surface area (Å²) in [5, 5.41) is 18.6. The van der Waals surface area contributed by atoms with Crippen molar-refractivity contribution in [1.29, 1.82) is 0 Å². The van der Waals surface area contributed by atoms with Gasteiger partial charge in [0, 0.05) is 21.7 Å². The van der Waals surface area contributed by atoms with E-state index < -0.39 is 0 Å². The summed E-state index contributed by atoms with van der Waals surface area (Å²) in [6.07, 6.45) is 10.0. The summed E-state index contributed by atoms with van der Waals surface area (Å²) >= 11 is 0. The largest absolute Gasteiger partial charge is 0.508 e. The van der Waals surface area contributed by atoms with Gasteiger partial charge in [0.2, 0.25) is 0 Å². The quantitative estimate of drug-likeness (QED) is 0.348. The SMILES string of the molecule is CC(C)c1ccccc1O.CC(C)c1ccccc1O.[C-]1=CC=CC1.[CH3-].[CH3-].[CH3-].[CH3-].[CH3-].[Ti]. The molecule has 1 aliphatic rings. The number of phenols is 2. The third-order valence-electron chi connectivity index (χ3n) is 3.70. The van der Waals surface area contributed by atoms with Gasteiger partial charge in [0.25, 0.3) is 0 Å². The molecule has 2 nitrogen and oxygen atoms in total. The van der Waals surface area contributed by atoms with Crippen molar-refractivity contribution < 1.29 is 31.9 Å². The molecule has 1 aliphatic carbocycles. The maximum Gasteiger partial charge on any atom is 0.119 e. The van der Waals surface area contributed by atoms with E-state index in [1.807, 2.05) is 48.6 Å². The molecule has 3 heteroatoms. The second kappa shape index (κ2) is 24.5. The van der Waals surface area contributed by atoms with E-state index in [0.717, 1.165) is 17.5 Å². The normalized spacial score (nSPS) is 9.48. The zero-order valence-corrected chi connectivity index (χ0v) is 22.7. The van der Waals surface area contributed by atoms with Crippen LogP contribution in [0.3, 0.4) is 0 Å². The predicted octanol–water partition coefficient (Wildman–Crippen LogP) is 8.59. The summed E-state index contributed by atoms with van der Waals surface area (Å²) in [6.45, 7) is 8.26. The topological polar surface area (TPSA) is 40.5 Å². The molecule has 178 valence electrons. The molecule has 0 fully saturated rings. The molecule has 2 aromatic carbocycles. The van der Waals surface area contributed by atoms with Crippen LogP contribution in [-0.2, 0) is 21.7 Å². The first kappa shape index (κ1) is 43.2. The van der Waals surface area contributed by atoms with E-state index in [4.69, 9.17) is 0 Å². The van der Waals surface area contributed by atoms with Gasteiger partial charge in [-0.3, -0.25) is 6.08 Å². The van der Waals surface area contributed by atoms with Crippen molar-refractivity contribution in [1.82, 2.24) is 0 Å². The van der Waals surface area contributed by atoms with Gasteiger partial charge in [0.15, 0.2) is 0 Å². The summed E-state index contributed by atoms with van der Waals surface area (Å²) in [5.74, 6) is 1.61. The van der Waals surface area contributed by atoms with Crippen molar-refractivity contribution in [3.8, 4) is 11.5 Å². The zero-order chi connectivity index (χ0) is 18.7. The molecule has 0 atom stereocenters. The number of benzene rings is 2. The third kappa shape index (κ3) is 17.6. The molecule has 0 bridgehead atoms. The fourth-order valence-corrected chi connectivity index (χ4v) is 2.29. The fraction of sp³-hybridized carbons (Fsp3) is 0.250. The Labute approximate surface area is 210 Å². The van der Waals surface area contributed by atoms with Gasteiger partial charge in [0.1, 0.15) is 11.5 Å². The summed E-state index contributed by atoms with van der Waals surface area (Å²) in [7, 11) is 0. The van der Waals surface area contributed by atoms with E-state index in [2.05, 4.69) is 39.8 Å². The van der Waals surface area contributed by atoms with Gasteiger partial charge >= 0.3 is 0 Å². The van der Waals surface area contributed by atoms with Crippen LogP contribution in [0.2, 0.25) is 0 Å². The van der Waals surface area contributed by atoms with Gasteiger partial charge in [-0.05, 0) is 35.1 Å². The molecule has 2 aromatic rings. The predicted molar refractivity (Wildman–Crippen MR) is 138 cm³/mol. The Morgan fingerprint density at radius 3 is 1.19 bits per heavy atom. The Bertz CT molecular complexity index is 629. The number of hydrogen-bond acceptors (Lipinski definition) is 2. The zero-order valence-electron chi connectivity index (χ0n) is 21.1. The van der Waals surface area contributed by atoms with Crippen molar-refractivity contribution in [2.45, 2.75) is 46.0 Å². The molecule has 31 heavy (non-hydrogen) atoms. The Morgan fingerprint density at radius 1 is 0.677 bits per heavy atom. The van der Waals surface area contributed by atoms with Gasteiger partial charge in [-0.2, -0.15) is 6.08 Å². The van der Waals surface area contributed by atoms with Crippen LogP contribution in [-0.4, -0.2) is 10.2 Å². The van der Waals surface area contributed by atoms with Gasteiger partial charge in [-0.25, -0.2) is 12.2 Å². The van der Waals surface area contributed by atoms with Crippen LogP contribution >= 0.6 is 0 Å². The van der Waals surface area contributed by atoms with Crippen LogP contribution in [0.1, 0.15) is 57.1 Å². The fourth-order valence-electron chi connectivity index (χ4n) is 2.29. The molecule has 3 rings (SSSR count). The molecular weight excluding hydrogens is 416 g/mol. The number of allylic oxidation sites excluding steroid dienone is 4. The van der Waals surface area contributed by atoms with Crippen molar-refractivity contribution in [2.75, 3.05) is 0 Å². The minimum Gasteiger partial charge on any atom is -0.508 e. The van der Waals surface area contributed by atoms with Gasteiger partial charge in [-0.1, -0.05) is 64.1 Å². The minimum atomic E-state index is 0. The number of rotatable bonds is 2. The average molecular weight is 461 g/mol. The summed E-state index contributed by atoms with van der Waals surface area (Å²) in [4.78, 5) is 0. The third-order valence-corrected chi connectivity index (χ3v) is 3.70. The molecule has 2 N–H and O–H groups in total. The first-order chi connectivity index (χ1) is 11.9. The standard InChI is InChI=1S/2C9H12O.C5H5.5CH3.Ti/c2*1-7(2)8-5-3-4-6-9(8)10;1-2-4-5-3-1;;;;;;/h2*3-7,10H,1-2H3;1-3H,4H2;5*1H3;/q;;6*-1;. The Balaban J connectivity index is -0.0000000715. The van der Waals surface area contributed by atoms with Crippen LogP contribution in [0.25, 0.3) is 0 Å². The molecule has 0 amide bonds. The second-order valence-corrected chi connectivity index (χ2v) is 6.43. The van der Waals surface area contributed by atoms with Crippen LogP contribution in [0.4, 0.5) is 0 Å². The Hall–Kier alpha value is -1.77. The number of aromatic hydroxyl groups is 2. The van der Waals surface area contributed by atoms with E-state index >= 15 is 0 Å². The molecule has 0 saturated heterocycles. The number of hydrogen-bond donors (Lipinski definition) is 2. The second-order valence-electron chi connectivity index (χ2n) is 6.43. The summed E-state index contributed by atoms with van der Waals surface area (Å²) in [5.41, 5.74) is 2.03. The van der Waals surface area contributed by atoms with Gasteiger partial charge in [-0.15, -0.1) is 6.42 Å². The maximum absolute atomic E-state index is 9.28. The number of para-hydroxylation sites is 2. The van der Waals surface area contributed by atoms with Crippen LogP contribution in [0.5, 0.6) is 11.5 Å². The maximum atomic E-state index is 9.28. The van der Waals surface area contributed by atoms with E-state index in [1.165, 1.54) is 0 Å². The van der Waals surface area contributed by atoms with E-state index in [0.29, 0.717) is 23.3 Å². The molecule has 0 aromatic heterocycles. The summed E-state index contributed by atoms with van der Waals surface area (Å²) < 4.78 is 0. The van der Waals surface area contributed by atoms with E-state index in [9.17, 15) is 10.2 Å². The first-order valence-corrected chi connectivity index (χ1v) is 8.71. The molecule has 0 aliphatic heterocycles. The van der Waals surface area contributed by atoms with Crippen molar-refractivity contribution in [2.24, 2.45) is 0 Å². The van der Waals surface area contributed by atoms with Crippen LogP contribution in [0, 0.1) is 43.2 Å². The van der Waals surface area contributed by atoms with Gasteiger partial charge in [0.05, 0.1) is 0 Å². The van der Waals surface area contributed by atoms with Crippen molar-refractivity contribution in [3.05, 3.63) is 121 Å². The monoisotopic (exact) mass is 460 g/mol. The van der Waals surface area contributed by atoms with Crippen molar-refractivity contribution in [3.63, 3.8) is 0 Å². The Kier molecular flexibility index (Phi) is 34.1. The van der Waals surface area contributed by atoms with Crippen LogP contribution < -0.4 is 0 Å².